The van der Waals surface area contributed by atoms with Crippen molar-refractivity contribution in [2.24, 2.45) is 0 Å². The van der Waals surface area contributed by atoms with Crippen LogP contribution >= 0.6 is 0 Å². The van der Waals surface area contributed by atoms with Crippen molar-refractivity contribution in [2.75, 3.05) is 26.2 Å². The highest BCUT2D eigenvalue weighted by molar-refractivity contribution is 5.67. The summed E-state index contributed by atoms with van der Waals surface area (Å²) in [5.74, 6) is -2.51. The summed E-state index contributed by atoms with van der Waals surface area (Å²) in [6, 6.07) is 0. The normalized spacial score (nSPS) is 11.8. The van der Waals surface area contributed by atoms with Crippen molar-refractivity contribution in [3.05, 3.63) is 12.2 Å². The average Bonchev–Trinajstić information content (AvgIpc) is 2.68. The molecule has 31 heavy (non-hydrogen) atoms. The number of allylic oxidation sites excluding steroid dienone is 2. The fourth-order valence-electron chi connectivity index (χ4n) is 4.01. The lowest BCUT2D eigenvalue weighted by Crippen LogP contribution is -2.51. The number of hydrogen-bond acceptors (Lipinski definition) is 3. The molecule has 0 aromatic heterocycles. The highest BCUT2D eigenvalue weighted by atomic mass is 16.4. The second-order valence-corrected chi connectivity index (χ2v) is 8.54. The van der Waals surface area contributed by atoms with Crippen molar-refractivity contribution in [1.82, 2.24) is 0 Å². The molecule has 0 amide bonds. The fourth-order valence-corrected chi connectivity index (χ4v) is 4.01. The van der Waals surface area contributed by atoms with E-state index in [9.17, 15) is 14.4 Å². The zero-order chi connectivity index (χ0) is 23.4. The number of carbonyl (C=O) groups is 3. The number of carboxylic acids is 3. The lowest BCUT2D eigenvalue weighted by Gasteiger charge is -2.39. The number of rotatable bonds is 22. The van der Waals surface area contributed by atoms with Crippen LogP contribution in [0.1, 0.15) is 96.8 Å². The van der Waals surface area contributed by atoms with Crippen molar-refractivity contribution >= 4 is 17.9 Å². The van der Waals surface area contributed by atoms with Crippen LogP contribution in [-0.4, -0.2) is 63.9 Å². The Bertz CT molecular complexity index is 482. The maximum absolute atomic E-state index is 11.0. The van der Waals surface area contributed by atoms with E-state index in [2.05, 4.69) is 19.1 Å². The van der Waals surface area contributed by atoms with E-state index in [-0.39, 0.29) is 19.3 Å². The molecule has 0 aliphatic carbocycles. The maximum Gasteiger partial charge on any atom is 0.303 e. The zero-order valence-electron chi connectivity index (χ0n) is 19.4. The Hall–Kier alpha value is -1.89. The van der Waals surface area contributed by atoms with E-state index < -0.39 is 17.9 Å². The third kappa shape index (κ3) is 18.6. The minimum Gasteiger partial charge on any atom is -0.481 e. The summed E-state index contributed by atoms with van der Waals surface area (Å²) >= 11 is 0. The summed E-state index contributed by atoms with van der Waals surface area (Å²) in [6.45, 7) is 4.97. The number of quaternary nitrogens is 1. The van der Waals surface area contributed by atoms with E-state index >= 15 is 0 Å². The van der Waals surface area contributed by atoms with Gasteiger partial charge in [-0.1, -0.05) is 44.8 Å². The molecule has 180 valence electrons. The highest BCUT2D eigenvalue weighted by Crippen LogP contribution is 2.17. The van der Waals surface area contributed by atoms with Gasteiger partial charge in [0, 0.05) is 25.7 Å². The average molecular weight is 443 g/mol. The first kappa shape index (κ1) is 29.1. The molecule has 0 atom stereocenters. The van der Waals surface area contributed by atoms with Gasteiger partial charge in [0.1, 0.15) is 0 Å². The number of unbranched alkanes of at least 4 members (excludes halogenated alkanes) is 6. The Morgan fingerprint density at radius 3 is 1.39 bits per heavy atom. The molecule has 7 heteroatoms. The summed E-state index contributed by atoms with van der Waals surface area (Å²) < 4.78 is 0.610. The smallest absolute Gasteiger partial charge is 0.303 e. The molecule has 7 nitrogen and oxygen atoms in total. The third-order valence-electron chi connectivity index (χ3n) is 5.71. The molecule has 0 rings (SSSR count). The number of carboxylic acid groups (broad SMARTS) is 3. The number of aliphatic carboxylic acids is 3. The van der Waals surface area contributed by atoms with Crippen LogP contribution in [0.3, 0.4) is 0 Å². The first-order chi connectivity index (χ1) is 14.8. The van der Waals surface area contributed by atoms with Gasteiger partial charge in [-0.05, 0) is 19.3 Å². The van der Waals surface area contributed by atoms with E-state index in [0.29, 0.717) is 43.4 Å². The third-order valence-corrected chi connectivity index (χ3v) is 5.71. The fraction of sp³-hybridized carbons (Fsp3) is 0.792. The molecule has 0 aliphatic heterocycles. The van der Waals surface area contributed by atoms with Crippen molar-refractivity contribution in [3.8, 4) is 0 Å². The summed E-state index contributed by atoms with van der Waals surface area (Å²) in [5.41, 5.74) is 0. The van der Waals surface area contributed by atoms with Crippen molar-refractivity contribution in [3.63, 3.8) is 0 Å². The molecule has 0 unspecified atom stereocenters. The topological polar surface area (TPSA) is 112 Å². The molecule has 0 saturated heterocycles. The van der Waals surface area contributed by atoms with Crippen molar-refractivity contribution < 1.29 is 34.2 Å². The Morgan fingerprint density at radius 1 is 0.581 bits per heavy atom. The predicted octanol–water partition coefficient (Wildman–Crippen LogP) is 5.09. The van der Waals surface area contributed by atoms with Gasteiger partial charge in [-0.15, -0.1) is 0 Å². The van der Waals surface area contributed by atoms with Gasteiger partial charge in [0.05, 0.1) is 45.4 Å². The SMILES string of the molecule is CCCCCCC/C=C/CCC[N+](CCCC(=O)O)(CCCC(=O)O)CCCC(=O)O. The van der Waals surface area contributed by atoms with Crippen LogP contribution in [0, 0.1) is 0 Å². The van der Waals surface area contributed by atoms with Crippen molar-refractivity contribution in [2.45, 2.75) is 96.8 Å². The van der Waals surface area contributed by atoms with E-state index in [4.69, 9.17) is 15.3 Å². The van der Waals surface area contributed by atoms with E-state index in [0.717, 1.165) is 25.8 Å². The minimum absolute atomic E-state index is 0.0792. The molecule has 0 bridgehead atoms. The molecular formula is C24H44NO6+. The lowest BCUT2D eigenvalue weighted by atomic mass is 10.1. The minimum atomic E-state index is -0.837. The molecule has 3 N–H and O–H groups in total. The van der Waals surface area contributed by atoms with Crippen LogP contribution in [0.5, 0.6) is 0 Å². The molecule has 0 aromatic carbocycles. The summed E-state index contributed by atoms with van der Waals surface area (Å²) in [5, 5.41) is 27.0. The van der Waals surface area contributed by atoms with Gasteiger partial charge in [0.2, 0.25) is 0 Å². The second-order valence-electron chi connectivity index (χ2n) is 8.54. The highest BCUT2D eigenvalue weighted by Gasteiger charge is 2.27. The van der Waals surface area contributed by atoms with Gasteiger partial charge in [0.15, 0.2) is 0 Å². The Balaban J connectivity index is 4.73. The Kier molecular flexibility index (Phi) is 17.7. The maximum atomic E-state index is 11.0. The van der Waals surface area contributed by atoms with E-state index in [1.807, 2.05) is 0 Å². The zero-order valence-corrected chi connectivity index (χ0v) is 19.4. The van der Waals surface area contributed by atoms with Crippen LogP contribution in [0.15, 0.2) is 12.2 Å². The molecule has 0 saturated carbocycles. The Morgan fingerprint density at radius 2 is 0.968 bits per heavy atom. The monoisotopic (exact) mass is 442 g/mol. The molecule has 0 heterocycles. The first-order valence-corrected chi connectivity index (χ1v) is 12.0. The molecular weight excluding hydrogens is 398 g/mol. The molecule has 0 fully saturated rings. The van der Waals surface area contributed by atoms with Gasteiger partial charge >= 0.3 is 17.9 Å². The Labute approximate surface area is 187 Å². The van der Waals surface area contributed by atoms with Gasteiger partial charge in [0.25, 0.3) is 0 Å². The molecule has 0 aromatic rings. The first-order valence-electron chi connectivity index (χ1n) is 12.0. The van der Waals surface area contributed by atoms with E-state index in [1.165, 1.54) is 32.1 Å². The summed E-state index contributed by atoms with van der Waals surface area (Å²) in [6.07, 6.45) is 15.5. The molecule has 0 spiro atoms. The quantitative estimate of drug-likeness (QED) is 0.122. The van der Waals surface area contributed by atoms with Crippen LogP contribution in [0.4, 0.5) is 0 Å². The van der Waals surface area contributed by atoms with Crippen LogP contribution in [-0.2, 0) is 14.4 Å². The van der Waals surface area contributed by atoms with Gasteiger partial charge in [-0.25, -0.2) is 0 Å². The summed E-state index contributed by atoms with van der Waals surface area (Å²) in [4.78, 5) is 32.9. The molecule has 0 radical (unpaired) electrons. The second kappa shape index (κ2) is 18.8. The number of hydrogen-bond donors (Lipinski definition) is 3. The van der Waals surface area contributed by atoms with Gasteiger partial charge in [-0.3, -0.25) is 14.4 Å². The van der Waals surface area contributed by atoms with Gasteiger partial charge in [-0.2, -0.15) is 0 Å². The summed E-state index contributed by atoms with van der Waals surface area (Å²) in [7, 11) is 0. The van der Waals surface area contributed by atoms with Crippen LogP contribution in [0.2, 0.25) is 0 Å². The lowest BCUT2D eigenvalue weighted by molar-refractivity contribution is -0.928. The van der Waals surface area contributed by atoms with Crippen LogP contribution in [0.25, 0.3) is 0 Å². The number of nitrogens with zero attached hydrogens (tertiary/aromatic N) is 1. The largest absolute Gasteiger partial charge is 0.481 e. The van der Waals surface area contributed by atoms with Crippen molar-refractivity contribution in [1.29, 1.82) is 0 Å². The van der Waals surface area contributed by atoms with Crippen LogP contribution < -0.4 is 0 Å². The predicted molar refractivity (Wildman–Crippen MR) is 122 cm³/mol. The van der Waals surface area contributed by atoms with E-state index in [1.54, 1.807) is 0 Å². The molecule has 0 aliphatic rings. The standard InChI is InChI=1S/C24H43NO6/c1-2-3-4-5-6-7-8-9-10-11-18-25(19-12-15-22(26)27,20-13-16-23(28)29)21-14-17-24(30)31/h8-9H,2-7,10-21H2,1H3,(H2-,26,27,28,29,30,31)/p+1/b9-8+. The van der Waals surface area contributed by atoms with Gasteiger partial charge < -0.3 is 19.8 Å².